The molecule has 1 unspecified atom stereocenters. The molecular weight excluding hydrogens is 266 g/mol. The second kappa shape index (κ2) is 6.35. The zero-order valence-corrected chi connectivity index (χ0v) is 15.6. The predicted octanol–water partition coefficient (Wildman–Crippen LogP) is 3.40. The van der Waals surface area contributed by atoms with Crippen molar-refractivity contribution >= 4 is 21.8 Å². The molecule has 0 bridgehead atoms. The molecule has 1 atom stereocenters. The highest BCUT2D eigenvalue weighted by atomic mass is 28.4. The average Bonchev–Trinajstić information content (AvgIpc) is 2.26. The van der Waals surface area contributed by atoms with Crippen molar-refractivity contribution < 1.29 is 4.12 Å². The zero-order valence-electron chi connectivity index (χ0n) is 13.6. The van der Waals surface area contributed by atoms with Gasteiger partial charge in [0.2, 0.25) is 8.32 Å². The largest absolute Gasteiger partial charge is 0.452 e. The number of rotatable bonds is 6. The Labute approximate surface area is 121 Å². The van der Waals surface area contributed by atoms with Crippen molar-refractivity contribution in [1.82, 2.24) is 4.90 Å². The van der Waals surface area contributed by atoms with Gasteiger partial charge in [0, 0.05) is 6.54 Å². The molecule has 0 aliphatic rings. The fourth-order valence-corrected chi connectivity index (χ4v) is 10.6. The quantitative estimate of drug-likeness (QED) is 0.746. The third-order valence-corrected chi connectivity index (χ3v) is 10.5. The molecule has 0 aromatic heterocycles. The van der Waals surface area contributed by atoms with Gasteiger partial charge in [0.1, 0.15) is 0 Å². The molecule has 1 aromatic rings. The van der Waals surface area contributed by atoms with Crippen LogP contribution in [-0.2, 0) is 10.7 Å². The predicted molar refractivity (Wildman–Crippen MR) is 90.0 cm³/mol. The van der Waals surface area contributed by atoms with E-state index in [1.54, 1.807) is 0 Å². The van der Waals surface area contributed by atoms with E-state index in [2.05, 4.69) is 76.4 Å². The molecule has 0 saturated heterocycles. The Morgan fingerprint density at radius 1 is 1.05 bits per heavy atom. The topological polar surface area (TPSA) is 12.5 Å². The van der Waals surface area contributed by atoms with Crippen LogP contribution in [0, 0.1) is 0 Å². The first kappa shape index (κ1) is 16.6. The van der Waals surface area contributed by atoms with Gasteiger partial charge in [-0.15, -0.1) is 0 Å². The lowest BCUT2D eigenvalue weighted by molar-refractivity contribution is 0.403. The first-order valence-corrected chi connectivity index (χ1v) is 13.1. The maximum Gasteiger partial charge on any atom is 0.209 e. The first-order chi connectivity index (χ1) is 8.68. The van der Waals surface area contributed by atoms with Crippen LogP contribution >= 0.6 is 0 Å². The number of nitrogens with zero attached hydrogens (tertiary/aromatic N) is 1. The molecule has 0 radical (unpaired) electrons. The lowest BCUT2D eigenvalue weighted by Gasteiger charge is -2.35. The molecule has 0 aliphatic carbocycles. The van der Waals surface area contributed by atoms with E-state index in [1.807, 2.05) is 0 Å². The number of benzene rings is 1. The highest BCUT2D eigenvalue weighted by molar-refractivity contribution is 6.93. The van der Waals surface area contributed by atoms with Gasteiger partial charge in [-0.1, -0.05) is 31.2 Å². The highest BCUT2D eigenvalue weighted by Gasteiger charge is 2.36. The van der Waals surface area contributed by atoms with E-state index in [0.717, 1.165) is 12.6 Å². The number of hydrogen-bond donors (Lipinski definition) is 0. The van der Waals surface area contributed by atoms with Crippen LogP contribution in [0.4, 0.5) is 0 Å². The molecule has 0 spiro atoms. The number of hydrogen-bond acceptors (Lipinski definition) is 2. The molecule has 4 heteroatoms. The summed E-state index contributed by atoms with van der Waals surface area (Å²) in [5.41, 5.74) is 1.43. The maximum absolute atomic E-state index is 6.64. The van der Waals surface area contributed by atoms with Gasteiger partial charge in [0.25, 0.3) is 0 Å². The molecule has 0 amide bonds. The SMILES string of the molecule is CC[Si](C)(O[Si](C)(C)C)c1ccccc1CN(C)C. The van der Waals surface area contributed by atoms with Crippen molar-refractivity contribution in [2.45, 2.75) is 45.7 Å². The first-order valence-electron chi connectivity index (χ1n) is 7.11. The lowest BCUT2D eigenvalue weighted by Crippen LogP contribution is -2.54. The molecule has 2 nitrogen and oxygen atoms in total. The third-order valence-electron chi connectivity index (χ3n) is 3.28. The van der Waals surface area contributed by atoms with E-state index in [1.165, 1.54) is 10.8 Å². The van der Waals surface area contributed by atoms with Gasteiger partial charge < -0.3 is 9.02 Å². The van der Waals surface area contributed by atoms with E-state index in [-0.39, 0.29) is 0 Å². The summed E-state index contributed by atoms with van der Waals surface area (Å²) in [6, 6.07) is 9.98. The summed E-state index contributed by atoms with van der Waals surface area (Å²) in [7, 11) is 0.930. The smallest absolute Gasteiger partial charge is 0.209 e. The van der Waals surface area contributed by atoms with Crippen molar-refractivity contribution in [2.75, 3.05) is 14.1 Å². The Kier molecular flexibility index (Phi) is 5.56. The van der Waals surface area contributed by atoms with Crippen LogP contribution in [0.1, 0.15) is 12.5 Å². The fraction of sp³-hybridized carbons (Fsp3) is 0.600. The minimum atomic E-state index is -1.81. The van der Waals surface area contributed by atoms with Gasteiger partial charge >= 0.3 is 0 Å². The van der Waals surface area contributed by atoms with Crippen molar-refractivity contribution in [2.24, 2.45) is 0 Å². The van der Waals surface area contributed by atoms with Gasteiger partial charge in [-0.25, -0.2) is 0 Å². The van der Waals surface area contributed by atoms with Crippen LogP contribution in [0.5, 0.6) is 0 Å². The van der Waals surface area contributed by atoms with Crippen LogP contribution < -0.4 is 5.19 Å². The Morgan fingerprint density at radius 3 is 2.11 bits per heavy atom. The van der Waals surface area contributed by atoms with E-state index in [0.29, 0.717) is 0 Å². The summed E-state index contributed by atoms with van der Waals surface area (Å²) in [6.45, 7) is 12.5. The molecule has 1 aromatic carbocycles. The Balaban J connectivity index is 3.17. The van der Waals surface area contributed by atoms with E-state index in [9.17, 15) is 0 Å². The highest BCUT2D eigenvalue weighted by Crippen LogP contribution is 2.20. The molecule has 0 heterocycles. The second-order valence-corrected chi connectivity index (χ2v) is 15.4. The molecule has 0 aliphatic heterocycles. The van der Waals surface area contributed by atoms with Gasteiger partial charge in [0.15, 0.2) is 8.32 Å². The fourth-order valence-electron chi connectivity index (χ4n) is 2.51. The van der Waals surface area contributed by atoms with Crippen LogP contribution in [-0.4, -0.2) is 35.6 Å². The third kappa shape index (κ3) is 4.87. The van der Waals surface area contributed by atoms with Crippen molar-refractivity contribution in [3.05, 3.63) is 29.8 Å². The molecule has 108 valence electrons. The normalized spacial score (nSPS) is 15.6. The monoisotopic (exact) mass is 295 g/mol. The summed E-state index contributed by atoms with van der Waals surface area (Å²) in [5.74, 6) is 0. The standard InChI is InChI=1S/C15H29NOSi2/c1-8-19(7,17-18(4,5)6)15-12-10-9-11-14(15)13-16(2)3/h9-12H,8,13H2,1-7H3. The van der Waals surface area contributed by atoms with Gasteiger partial charge in [-0.3, -0.25) is 0 Å². The Hall–Kier alpha value is -0.426. The minimum Gasteiger partial charge on any atom is -0.452 e. The summed E-state index contributed by atoms with van der Waals surface area (Å²) in [5, 5.41) is 1.48. The van der Waals surface area contributed by atoms with Gasteiger partial charge in [-0.05, 0) is 57.1 Å². The lowest BCUT2D eigenvalue weighted by atomic mass is 10.2. The molecule has 19 heavy (non-hydrogen) atoms. The molecule has 0 fully saturated rings. The van der Waals surface area contributed by atoms with Crippen LogP contribution in [0.25, 0.3) is 0 Å². The molecule has 0 N–H and O–H groups in total. The molecule has 0 saturated carbocycles. The summed E-state index contributed by atoms with van der Waals surface area (Å²) >= 11 is 0. The summed E-state index contributed by atoms with van der Waals surface area (Å²) in [4.78, 5) is 2.23. The molecular formula is C15H29NOSi2. The molecule has 1 rings (SSSR count). The van der Waals surface area contributed by atoms with Gasteiger partial charge in [-0.2, -0.15) is 0 Å². The van der Waals surface area contributed by atoms with Crippen LogP contribution in [0.3, 0.4) is 0 Å². The van der Waals surface area contributed by atoms with Crippen LogP contribution in [0.2, 0.25) is 32.2 Å². The Morgan fingerprint density at radius 2 is 1.63 bits per heavy atom. The van der Waals surface area contributed by atoms with Crippen molar-refractivity contribution in [3.63, 3.8) is 0 Å². The second-order valence-electron chi connectivity index (χ2n) is 6.69. The van der Waals surface area contributed by atoms with E-state index >= 15 is 0 Å². The average molecular weight is 296 g/mol. The summed E-state index contributed by atoms with van der Waals surface area (Å²) < 4.78 is 6.64. The maximum atomic E-state index is 6.64. The van der Waals surface area contributed by atoms with Crippen molar-refractivity contribution in [3.8, 4) is 0 Å². The van der Waals surface area contributed by atoms with Crippen molar-refractivity contribution in [1.29, 1.82) is 0 Å². The van der Waals surface area contributed by atoms with E-state index < -0.39 is 16.6 Å². The minimum absolute atomic E-state index is 0.994. The summed E-state index contributed by atoms with van der Waals surface area (Å²) in [6.07, 6.45) is 0. The van der Waals surface area contributed by atoms with E-state index in [4.69, 9.17) is 4.12 Å². The van der Waals surface area contributed by atoms with Crippen LogP contribution in [0.15, 0.2) is 24.3 Å². The Bertz CT molecular complexity index is 415. The van der Waals surface area contributed by atoms with Gasteiger partial charge in [0.05, 0.1) is 0 Å². The zero-order chi connectivity index (χ0) is 14.7.